The number of hydrogen-bond donors (Lipinski definition) is 1. The van der Waals surface area contributed by atoms with Crippen LogP contribution in [0.5, 0.6) is 0 Å². The zero-order chi connectivity index (χ0) is 20.9. The van der Waals surface area contributed by atoms with Crippen molar-refractivity contribution < 1.29 is 22.3 Å². The molecule has 29 heavy (non-hydrogen) atoms. The van der Waals surface area contributed by atoms with E-state index in [0.29, 0.717) is 36.0 Å². The maximum atomic E-state index is 13.4. The average Bonchev–Trinajstić information content (AvgIpc) is 3.04. The Balaban J connectivity index is 1.86. The van der Waals surface area contributed by atoms with Crippen molar-refractivity contribution in [1.82, 2.24) is 9.88 Å². The lowest BCUT2D eigenvalue weighted by molar-refractivity contribution is -0.121. The van der Waals surface area contributed by atoms with Crippen LogP contribution in [0.2, 0.25) is 0 Å². The number of ether oxygens (including phenoxy) is 1. The van der Waals surface area contributed by atoms with Gasteiger partial charge in [-0.2, -0.15) is 0 Å². The SMILES string of the molecule is COCCCNC(=O)Cn1cc(S(=O)(=O)Cc2cccc(F)c2)c2ccccc21. The Bertz CT molecular complexity index is 1110. The number of amides is 1. The largest absolute Gasteiger partial charge is 0.385 e. The van der Waals surface area contributed by atoms with Gasteiger partial charge in [-0.05, 0) is 30.2 Å². The van der Waals surface area contributed by atoms with Gasteiger partial charge in [0.1, 0.15) is 12.4 Å². The van der Waals surface area contributed by atoms with Crippen molar-refractivity contribution in [3.05, 3.63) is 66.1 Å². The van der Waals surface area contributed by atoms with Crippen LogP contribution >= 0.6 is 0 Å². The number of hydrogen-bond acceptors (Lipinski definition) is 4. The summed E-state index contributed by atoms with van der Waals surface area (Å²) in [5.74, 6) is -1.01. The molecule has 1 aromatic heterocycles. The van der Waals surface area contributed by atoms with Crippen LogP contribution in [-0.4, -0.2) is 39.2 Å². The van der Waals surface area contributed by atoms with E-state index in [4.69, 9.17) is 4.74 Å². The Labute approximate surface area is 169 Å². The fraction of sp³-hybridized carbons (Fsp3) is 0.286. The molecule has 1 amide bonds. The summed E-state index contributed by atoms with van der Waals surface area (Å²) in [5, 5.41) is 3.33. The number of carbonyl (C=O) groups excluding carboxylic acids is 1. The van der Waals surface area contributed by atoms with Crippen molar-refractivity contribution in [2.75, 3.05) is 20.3 Å². The van der Waals surface area contributed by atoms with Gasteiger partial charge >= 0.3 is 0 Å². The van der Waals surface area contributed by atoms with Crippen LogP contribution in [0.15, 0.2) is 59.6 Å². The van der Waals surface area contributed by atoms with Gasteiger partial charge in [-0.15, -0.1) is 0 Å². The van der Waals surface area contributed by atoms with E-state index < -0.39 is 15.7 Å². The summed E-state index contributed by atoms with van der Waals surface area (Å²) in [6, 6.07) is 12.6. The van der Waals surface area contributed by atoms with Gasteiger partial charge in [0.25, 0.3) is 0 Å². The van der Waals surface area contributed by atoms with Crippen molar-refractivity contribution in [3.63, 3.8) is 0 Å². The number of para-hydroxylation sites is 1. The van der Waals surface area contributed by atoms with Gasteiger partial charge in [0.05, 0.1) is 10.6 Å². The van der Waals surface area contributed by atoms with Gasteiger partial charge < -0.3 is 14.6 Å². The summed E-state index contributed by atoms with van der Waals surface area (Å²) < 4.78 is 46.1. The molecule has 2 aromatic carbocycles. The van der Waals surface area contributed by atoms with Crippen LogP contribution in [0.4, 0.5) is 4.39 Å². The molecule has 8 heteroatoms. The van der Waals surface area contributed by atoms with E-state index in [-0.39, 0.29) is 23.1 Å². The molecule has 0 saturated carbocycles. The number of methoxy groups -OCH3 is 1. The lowest BCUT2D eigenvalue weighted by Crippen LogP contribution is -2.28. The number of fused-ring (bicyclic) bond motifs is 1. The molecule has 0 saturated heterocycles. The quantitative estimate of drug-likeness (QED) is 0.542. The number of nitrogens with zero attached hydrogens (tertiary/aromatic N) is 1. The molecule has 3 rings (SSSR count). The molecule has 3 aromatic rings. The van der Waals surface area contributed by atoms with E-state index in [1.54, 1.807) is 42.0 Å². The summed E-state index contributed by atoms with van der Waals surface area (Å²) in [6.45, 7) is 1.04. The maximum Gasteiger partial charge on any atom is 0.239 e. The van der Waals surface area contributed by atoms with E-state index in [1.807, 2.05) is 0 Å². The Hall–Kier alpha value is -2.71. The number of carbonyl (C=O) groups is 1. The van der Waals surface area contributed by atoms with Crippen molar-refractivity contribution >= 4 is 26.6 Å². The smallest absolute Gasteiger partial charge is 0.239 e. The molecule has 6 nitrogen and oxygen atoms in total. The first-order valence-electron chi connectivity index (χ1n) is 9.21. The Morgan fingerprint density at radius 3 is 2.72 bits per heavy atom. The highest BCUT2D eigenvalue weighted by Gasteiger charge is 2.22. The lowest BCUT2D eigenvalue weighted by Gasteiger charge is -2.07. The second kappa shape index (κ2) is 9.19. The van der Waals surface area contributed by atoms with Gasteiger partial charge in [-0.25, -0.2) is 12.8 Å². The molecule has 1 heterocycles. The monoisotopic (exact) mass is 418 g/mol. The Morgan fingerprint density at radius 2 is 1.97 bits per heavy atom. The molecule has 154 valence electrons. The molecule has 1 N–H and O–H groups in total. The molecule has 0 aliphatic heterocycles. The molecule has 0 radical (unpaired) electrons. The van der Waals surface area contributed by atoms with Crippen LogP contribution in [0.25, 0.3) is 10.9 Å². The number of halogens is 1. The first kappa shape index (κ1) is 21.0. The second-order valence-electron chi connectivity index (χ2n) is 6.72. The minimum Gasteiger partial charge on any atom is -0.385 e. The molecule has 0 fully saturated rings. The molecular formula is C21H23FN2O4S. The highest BCUT2D eigenvalue weighted by Crippen LogP contribution is 2.28. The normalized spacial score (nSPS) is 11.7. The minimum absolute atomic E-state index is 0.00296. The third kappa shape index (κ3) is 5.21. The minimum atomic E-state index is -3.73. The molecular weight excluding hydrogens is 395 g/mol. The lowest BCUT2D eigenvalue weighted by atomic mass is 10.2. The molecule has 0 spiro atoms. The first-order valence-corrected chi connectivity index (χ1v) is 10.9. The Morgan fingerprint density at radius 1 is 1.17 bits per heavy atom. The van der Waals surface area contributed by atoms with Crippen molar-refractivity contribution in [2.24, 2.45) is 0 Å². The molecule has 0 bridgehead atoms. The zero-order valence-corrected chi connectivity index (χ0v) is 16.9. The van der Waals surface area contributed by atoms with Crippen LogP contribution < -0.4 is 5.32 Å². The van der Waals surface area contributed by atoms with E-state index in [2.05, 4.69) is 5.32 Å². The fourth-order valence-electron chi connectivity index (χ4n) is 3.17. The number of aromatic nitrogens is 1. The van der Waals surface area contributed by atoms with Crippen LogP contribution in [-0.2, 0) is 31.7 Å². The first-order chi connectivity index (χ1) is 13.9. The number of nitrogens with one attached hydrogen (secondary N) is 1. The highest BCUT2D eigenvalue weighted by atomic mass is 32.2. The summed E-state index contributed by atoms with van der Waals surface area (Å²) in [7, 11) is -2.13. The topological polar surface area (TPSA) is 77.4 Å². The maximum absolute atomic E-state index is 13.4. The number of benzene rings is 2. The van der Waals surface area contributed by atoms with Crippen molar-refractivity contribution in [2.45, 2.75) is 23.6 Å². The summed E-state index contributed by atoms with van der Waals surface area (Å²) >= 11 is 0. The van der Waals surface area contributed by atoms with E-state index in [1.165, 1.54) is 24.4 Å². The molecule has 0 unspecified atom stereocenters. The predicted octanol–water partition coefficient (Wildman–Crippen LogP) is 2.91. The van der Waals surface area contributed by atoms with E-state index in [0.717, 1.165) is 0 Å². The third-order valence-electron chi connectivity index (χ3n) is 4.49. The van der Waals surface area contributed by atoms with Gasteiger partial charge in [0.15, 0.2) is 9.84 Å². The molecule has 0 aliphatic carbocycles. The number of sulfone groups is 1. The van der Waals surface area contributed by atoms with Crippen LogP contribution in [0, 0.1) is 5.82 Å². The summed E-state index contributed by atoms with van der Waals surface area (Å²) in [6.07, 6.45) is 2.18. The standard InChI is InChI=1S/C21H23FN2O4S/c1-28-11-5-10-23-21(25)14-24-13-20(18-8-2-3-9-19(18)24)29(26,27)15-16-6-4-7-17(22)12-16/h2-4,6-9,12-13H,5,10-11,14-15H2,1H3,(H,23,25). The van der Waals surface area contributed by atoms with Crippen molar-refractivity contribution in [1.29, 1.82) is 0 Å². The second-order valence-corrected chi connectivity index (χ2v) is 8.68. The van der Waals surface area contributed by atoms with Crippen LogP contribution in [0.3, 0.4) is 0 Å². The van der Waals surface area contributed by atoms with E-state index in [9.17, 15) is 17.6 Å². The van der Waals surface area contributed by atoms with Gasteiger partial charge in [-0.1, -0.05) is 30.3 Å². The molecule has 0 atom stereocenters. The van der Waals surface area contributed by atoms with Crippen molar-refractivity contribution in [3.8, 4) is 0 Å². The average molecular weight is 418 g/mol. The fourth-order valence-corrected chi connectivity index (χ4v) is 4.74. The summed E-state index contributed by atoms with van der Waals surface area (Å²) in [4.78, 5) is 12.4. The predicted molar refractivity (Wildman–Crippen MR) is 109 cm³/mol. The number of rotatable bonds is 9. The van der Waals surface area contributed by atoms with Gasteiger partial charge in [0.2, 0.25) is 5.91 Å². The zero-order valence-electron chi connectivity index (χ0n) is 16.1. The van der Waals surface area contributed by atoms with Crippen LogP contribution in [0.1, 0.15) is 12.0 Å². The Kier molecular flexibility index (Phi) is 6.66. The van der Waals surface area contributed by atoms with Gasteiger partial charge in [0, 0.05) is 37.4 Å². The summed E-state index contributed by atoms with van der Waals surface area (Å²) in [5.41, 5.74) is 1.02. The van der Waals surface area contributed by atoms with Gasteiger partial charge in [-0.3, -0.25) is 4.79 Å². The van der Waals surface area contributed by atoms with E-state index >= 15 is 0 Å². The third-order valence-corrected chi connectivity index (χ3v) is 6.20. The highest BCUT2D eigenvalue weighted by molar-refractivity contribution is 7.90. The molecule has 0 aliphatic rings.